The fraction of sp³-hybridized carbons (Fsp3) is 0.516. The van der Waals surface area contributed by atoms with Crippen molar-refractivity contribution in [2.24, 2.45) is 5.92 Å². The average molecular weight is 537 g/mol. The minimum Gasteiger partial charge on any atom is -0.383 e. The number of carbonyl (C=O) groups is 1. The zero-order valence-corrected chi connectivity index (χ0v) is 23.3. The summed E-state index contributed by atoms with van der Waals surface area (Å²) in [4.78, 5) is 17.4. The first kappa shape index (κ1) is 27.0. The van der Waals surface area contributed by atoms with Crippen molar-refractivity contribution in [3.05, 3.63) is 63.8 Å². The molecule has 0 spiro atoms. The van der Waals surface area contributed by atoms with E-state index in [1.54, 1.807) is 7.11 Å². The number of carbonyl (C=O) groups excluding carboxylic acids is 1. The molecule has 1 aromatic carbocycles. The standard InChI is InChI=1S/C31H41ClN4O2/c1-38-21-20-34-16-12-24(13-17-34)22-33-31(37)35-18-14-25(15-19-35)29-23-36(27-10-8-26(32)9-11-27)30-7-5-3-2-4-6-28(29)30/h2,4,6-11,23-25H,3,5,12-22H2,1H3,(H,33,37)/b4-2-,28-6-,30-7-. The van der Waals surface area contributed by atoms with Gasteiger partial charge in [-0.1, -0.05) is 35.9 Å². The third kappa shape index (κ3) is 6.53. The van der Waals surface area contributed by atoms with E-state index in [9.17, 15) is 4.79 Å². The number of benzene rings is 1. The van der Waals surface area contributed by atoms with Crippen LogP contribution in [0.1, 0.15) is 50.0 Å². The van der Waals surface area contributed by atoms with Gasteiger partial charge in [0.1, 0.15) is 0 Å². The van der Waals surface area contributed by atoms with E-state index in [0.29, 0.717) is 11.8 Å². The highest BCUT2D eigenvalue weighted by Crippen LogP contribution is 2.27. The Morgan fingerprint density at radius 2 is 1.82 bits per heavy atom. The Balaban J connectivity index is 1.21. The SMILES string of the molecule is COCCN1CCC(CNC(=O)N2CCC(c3cn(-c4ccc(Cl)cc4)c4/c3=C\C=C/CC/C=4)CC2)CC1. The van der Waals surface area contributed by atoms with Crippen LogP contribution in [0, 0.1) is 5.92 Å². The predicted octanol–water partition coefficient (Wildman–Crippen LogP) is 4.29. The molecule has 3 heterocycles. The van der Waals surface area contributed by atoms with Gasteiger partial charge in [0.15, 0.2) is 0 Å². The van der Waals surface area contributed by atoms with E-state index in [1.807, 2.05) is 17.0 Å². The first-order valence-corrected chi connectivity index (χ1v) is 14.6. The minimum atomic E-state index is 0.0992. The lowest BCUT2D eigenvalue weighted by atomic mass is 9.90. The normalized spacial score (nSPS) is 21.9. The van der Waals surface area contributed by atoms with Crippen molar-refractivity contribution < 1.29 is 9.53 Å². The van der Waals surface area contributed by atoms with E-state index < -0.39 is 0 Å². The van der Waals surface area contributed by atoms with E-state index in [4.69, 9.17) is 16.3 Å². The molecule has 2 aliphatic heterocycles. The average Bonchev–Trinajstić information content (AvgIpc) is 3.28. The number of hydrogen-bond acceptors (Lipinski definition) is 3. The fourth-order valence-electron chi connectivity index (χ4n) is 6.03. The van der Waals surface area contributed by atoms with Crippen molar-refractivity contribution in [3.63, 3.8) is 0 Å². The molecule has 3 aliphatic rings. The second kappa shape index (κ2) is 13.0. The van der Waals surface area contributed by atoms with Gasteiger partial charge < -0.3 is 24.4 Å². The number of hydrogen-bond donors (Lipinski definition) is 1. The Hall–Kier alpha value is -2.54. The van der Waals surface area contributed by atoms with Crippen molar-refractivity contribution in [1.82, 2.24) is 19.7 Å². The van der Waals surface area contributed by atoms with Gasteiger partial charge in [0, 0.05) is 60.8 Å². The van der Waals surface area contributed by atoms with Crippen molar-refractivity contribution in [1.29, 1.82) is 0 Å². The molecule has 0 unspecified atom stereocenters. The van der Waals surface area contributed by atoms with Crippen molar-refractivity contribution in [3.8, 4) is 5.69 Å². The highest BCUT2D eigenvalue weighted by atomic mass is 35.5. The van der Waals surface area contributed by atoms with Gasteiger partial charge in [0.2, 0.25) is 0 Å². The molecule has 2 amide bonds. The van der Waals surface area contributed by atoms with Crippen LogP contribution < -0.4 is 15.9 Å². The molecule has 5 rings (SSSR count). The molecule has 1 aromatic heterocycles. The van der Waals surface area contributed by atoms with Crippen LogP contribution in [-0.2, 0) is 4.74 Å². The van der Waals surface area contributed by atoms with E-state index in [-0.39, 0.29) is 6.03 Å². The van der Waals surface area contributed by atoms with Crippen LogP contribution in [0.2, 0.25) is 5.02 Å². The third-order valence-corrected chi connectivity index (χ3v) is 8.62. The van der Waals surface area contributed by atoms with Gasteiger partial charge in [-0.2, -0.15) is 0 Å². The molecule has 1 aliphatic carbocycles. The number of rotatable bonds is 7. The number of likely N-dealkylation sites (tertiary alicyclic amines) is 2. The van der Waals surface area contributed by atoms with Gasteiger partial charge >= 0.3 is 6.03 Å². The first-order chi connectivity index (χ1) is 18.6. The predicted molar refractivity (Wildman–Crippen MR) is 155 cm³/mol. The lowest BCUT2D eigenvalue weighted by molar-refractivity contribution is 0.119. The maximum atomic E-state index is 13.0. The van der Waals surface area contributed by atoms with Gasteiger partial charge in [-0.25, -0.2) is 4.79 Å². The summed E-state index contributed by atoms with van der Waals surface area (Å²) in [5.41, 5.74) is 2.52. The molecular formula is C31H41ClN4O2. The molecule has 2 fully saturated rings. The maximum Gasteiger partial charge on any atom is 0.317 e. The summed E-state index contributed by atoms with van der Waals surface area (Å²) in [5.74, 6) is 1.01. The molecule has 2 saturated heterocycles. The number of methoxy groups -OCH3 is 1. The second-order valence-corrected chi connectivity index (χ2v) is 11.3. The Morgan fingerprint density at radius 3 is 2.55 bits per heavy atom. The first-order valence-electron chi connectivity index (χ1n) is 14.2. The number of amides is 2. The molecule has 6 nitrogen and oxygen atoms in total. The van der Waals surface area contributed by atoms with Crippen molar-refractivity contribution in [2.45, 2.75) is 44.4 Å². The Labute approximate surface area is 231 Å². The van der Waals surface area contributed by atoms with Gasteiger partial charge in [-0.05, 0) is 93.3 Å². The minimum absolute atomic E-state index is 0.0992. The summed E-state index contributed by atoms with van der Waals surface area (Å²) in [6, 6.07) is 8.19. The highest BCUT2D eigenvalue weighted by molar-refractivity contribution is 6.30. The van der Waals surface area contributed by atoms with Crippen molar-refractivity contribution in [2.75, 3.05) is 53.0 Å². The van der Waals surface area contributed by atoms with Crippen LogP contribution in [0.5, 0.6) is 0 Å². The largest absolute Gasteiger partial charge is 0.383 e. The van der Waals surface area contributed by atoms with E-state index in [2.05, 4.69) is 57.4 Å². The van der Waals surface area contributed by atoms with Crippen LogP contribution in [0.4, 0.5) is 4.79 Å². The maximum absolute atomic E-state index is 13.0. The smallest absolute Gasteiger partial charge is 0.317 e. The zero-order valence-electron chi connectivity index (χ0n) is 22.6. The van der Waals surface area contributed by atoms with E-state index >= 15 is 0 Å². The summed E-state index contributed by atoms with van der Waals surface area (Å²) >= 11 is 6.17. The number of ether oxygens (including phenoxy) is 1. The summed E-state index contributed by atoms with van der Waals surface area (Å²) in [7, 11) is 1.76. The Bertz CT molecular complexity index is 1220. The molecule has 7 heteroatoms. The topological polar surface area (TPSA) is 49.7 Å². The molecular weight excluding hydrogens is 496 g/mol. The molecule has 0 atom stereocenters. The molecule has 0 saturated carbocycles. The number of halogens is 1. The van der Waals surface area contributed by atoms with Crippen molar-refractivity contribution >= 4 is 29.8 Å². The van der Waals surface area contributed by atoms with E-state index in [1.165, 1.54) is 16.1 Å². The summed E-state index contributed by atoms with van der Waals surface area (Å²) in [6.07, 6.45) is 17.7. The summed E-state index contributed by atoms with van der Waals surface area (Å²) < 4.78 is 7.52. The van der Waals surface area contributed by atoms with Crippen LogP contribution in [-0.4, -0.2) is 73.4 Å². The molecule has 1 N–H and O–H groups in total. The number of nitrogens with one attached hydrogen (secondary N) is 1. The van der Waals surface area contributed by atoms with Gasteiger partial charge in [0.25, 0.3) is 0 Å². The number of allylic oxidation sites excluding steroid dienone is 2. The quantitative estimate of drug-likeness (QED) is 0.574. The molecule has 0 bridgehead atoms. The fourth-order valence-corrected chi connectivity index (χ4v) is 6.16. The summed E-state index contributed by atoms with van der Waals surface area (Å²) in [5, 5.41) is 6.57. The summed E-state index contributed by atoms with van der Waals surface area (Å²) in [6.45, 7) is 6.37. The number of aromatic nitrogens is 1. The molecule has 204 valence electrons. The van der Waals surface area contributed by atoms with Crippen LogP contribution in [0.25, 0.3) is 17.8 Å². The Morgan fingerprint density at radius 1 is 1.05 bits per heavy atom. The lowest BCUT2D eigenvalue weighted by Gasteiger charge is -2.34. The second-order valence-electron chi connectivity index (χ2n) is 10.8. The van der Waals surface area contributed by atoms with Crippen LogP contribution in [0.3, 0.4) is 0 Å². The monoisotopic (exact) mass is 536 g/mol. The van der Waals surface area contributed by atoms with Gasteiger partial charge in [-0.3, -0.25) is 0 Å². The molecule has 2 aromatic rings. The lowest BCUT2D eigenvalue weighted by Crippen LogP contribution is -2.47. The van der Waals surface area contributed by atoms with Gasteiger partial charge in [-0.15, -0.1) is 0 Å². The number of piperidine rings is 2. The zero-order chi connectivity index (χ0) is 26.3. The number of fused-ring (bicyclic) bond motifs is 1. The van der Waals surface area contributed by atoms with Crippen LogP contribution >= 0.6 is 11.6 Å². The molecule has 38 heavy (non-hydrogen) atoms. The molecule has 0 radical (unpaired) electrons. The Kier molecular flexibility index (Phi) is 9.26. The van der Waals surface area contributed by atoms with Gasteiger partial charge in [0.05, 0.1) is 6.61 Å². The number of urea groups is 1. The van der Waals surface area contributed by atoms with E-state index in [0.717, 1.165) is 95.1 Å². The highest BCUT2D eigenvalue weighted by Gasteiger charge is 2.27. The van der Waals surface area contributed by atoms with Crippen LogP contribution in [0.15, 0.2) is 42.6 Å². The number of nitrogens with zero attached hydrogens (tertiary/aromatic N) is 3. The third-order valence-electron chi connectivity index (χ3n) is 8.37.